The van der Waals surface area contributed by atoms with E-state index in [1.807, 2.05) is 0 Å². The zero-order chi connectivity index (χ0) is 19.2. The van der Waals surface area contributed by atoms with E-state index < -0.39 is 13.6 Å². The van der Waals surface area contributed by atoms with Crippen LogP contribution in [0.3, 0.4) is 0 Å². The number of rotatable bonds is 9. The van der Waals surface area contributed by atoms with Gasteiger partial charge in [-0.15, -0.1) is 0 Å². The van der Waals surface area contributed by atoms with Crippen molar-refractivity contribution in [2.75, 3.05) is 19.8 Å². The van der Waals surface area contributed by atoms with E-state index in [-0.39, 0.29) is 26.0 Å². The largest absolute Gasteiger partial charge is 0.468 e. The van der Waals surface area contributed by atoms with Crippen LogP contribution >= 0.6 is 7.60 Å². The number of hydrogen-bond acceptors (Lipinski definition) is 8. The third-order valence-corrected chi connectivity index (χ3v) is 5.46. The molecule has 0 saturated carbocycles. The first kappa shape index (κ1) is 20.3. The molecular formula is C17H23N2O6P. The Hall–Kier alpha value is -2.02. The quantitative estimate of drug-likeness (QED) is 0.474. The van der Waals surface area contributed by atoms with Crippen molar-refractivity contribution in [1.82, 2.24) is 10.2 Å². The normalized spacial score (nSPS) is 11.5. The average molecular weight is 382 g/mol. The van der Waals surface area contributed by atoms with E-state index in [2.05, 4.69) is 10.2 Å². The summed E-state index contributed by atoms with van der Waals surface area (Å²) in [7, 11) is -3.34. The maximum absolute atomic E-state index is 12.8. The van der Waals surface area contributed by atoms with Crippen molar-refractivity contribution in [3.63, 3.8) is 0 Å². The maximum Gasteiger partial charge on any atom is 0.340 e. The molecule has 26 heavy (non-hydrogen) atoms. The van der Waals surface area contributed by atoms with E-state index >= 15 is 0 Å². The molecule has 0 fully saturated rings. The Bertz CT molecular complexity index is 794. The number of hydrogen-bond donors (Lipinski definition) is 0. The number of nitrogens with zero attached hydrogens (tertiary/aromatic N) is 2. The number of carbonyl (C=O) groups excluding carboxylic acids is 1. The van der Waals surface area contributed by atoms with Crippen molar-refractivity contribution >= 4 is 13.6 Å². The summed E-state index contributed by atoms with van der Waals surface area (Å²) < 4.78 is 33.9. The highest BCUT2D eigenvalue weighted by molar-refractivity contribution is 7.53. The maximum atomic E-state index is 12.8. The summed E-state index contributed by atoms with van der Waals surface area (Å²) in [6.45, 7) is 7.67. The van der Waals surface area contributed by atoms with E-state index in [1.165, 1.54) is 6.26 Å². The highest BCUT2D eigenvalue weighted by Gasteiger charge is 2.28. The summed E-state index contributed by atoms with van der Waals surface area (Å²) in [6, 6.07) is 3.26. The molecule has 0 aromatic carbocycles. The minimum Gasteiger partial charge on any atom is -0.468 e. The van der Waals surface area contributed by atoms with Gasteiger partial charge < -0.3 is 18.2 Å². The second-order valence-corrected chi connectivity index (χ2v) is 7.37. The zero-order valence-electron chi connectivity index (χ0n) is 15.4. The monoisotopic (exact) mass is 382 g/mol. The van der Waals surface area contributed by atoms with Crippen LogP contribution in [0.25, 0.3) is 11.3 Å². The van der Waals surface area contributed by atoms with Gasteiger partial charge in [-0.1, -0.05) is 0 Å². The van der Waals surface area contributed by atoms with Crippen LogP contribution in [0.2, 0.25) is 0 Å². The first-order chi connectivity index (χ1) is 12.4. The first-order valence-electron chi connectivity index (χ1n) is 8.40. The Morgan fingerprint density at radius 3 is 2.46 bits per heavy atom. The lowest BCUT2D eigenvalue weighted by molar-refractivity contribution is 0.0524. The molecule has 0 amide bonds. The van der Waals surface area contributed by atoms with Gasteiger partial charge in [0.1, 0.15) is 11.9 Å². The summed E-state index contributed by atoms with van der Waals surface area (Å²) >= 11 is 0. The lowest BCUT2D eigenvalue weighted by Gasteiger charge is -2.16. The molecule has 0 spiro atoms. The van der Waals surface area contributed by atoms with Gasteiger partial charge in [-0.2, -0.15) is 10.2 Å². The van der Waals surface area contributed by atoms with Crippen molar-refractivity contribution in [2.45, 2.75) is 33.9 Å². The molecule has 0 aliphatic heterocycles. The van der Waals surface area contributed by atoms with Gasteiger partial charge in [-0.3, -0.25) is 4.57 Å². The van der Waals surface area contributed by atoms with Crippen molar-refractivity contribution in [2.24, 2.45) is 0 Å². The van der Waals surface area contributed by atoms with Crippen LogP contribution < -0.4 is 0 Å². The first-order valence-corrected chi connectivity index (χ1v) is 10.1. The molecule has 2 rings (SSSR count). The van der Waals surface area contributed by atoms with E-state index in [1.54, 1.807) is 39.8 Å². The minimum atomic E-state index is -3.34. The van der Waals surface area contributed by atoms with Gasteiger partial charge in [0.15, 0.2) is 0 Å². The van der Waals surface area contributed by atoms with E-state index in [4.69, 9.17) is 18.2 Å². The van der Waals surface area contributed by atoms with Crippen molar-refractivity contribution in [3.05, 3.63) is 35.4 Å². The van der Waals surface area contributed by atoms with Gasteiger partial charge in [0, 0.05) is 5.56 Å². The smallest absolute Gasteiger partial charge is 0.340 e. The molecule has 9 heteroatoms. The number of aromatic nitrogens is 2. The SMILES string of the molecule is CCOC(=O)c1cc(-c2ccoc2CP(=O)(OCC)OCC)nnc1C. The summed E-state index contributed by atoms with van der Waals surface area (Å²) in [5.74, 6) is -0.0799. The Balaban J connectivity index is 2.37. The Morgan fingerprint density at radius 1 is 1.15 bits per heavy atom. The zero-order valence-corrected chi connectivity index (χ0v) is 16.2. The molecule has 0 N–H and O–H groups in total. The second-order valence-electron chi connectivity index (χ2n) is 5.31. The third-order valence-electron chi connectivity index (χ3n) is 3.48. The molecule has 0 atom stereocenters. The molecule has 0 bridgehead atoms. The van der Waals surface area contributed by atoms with Crippen LogP contribution in [0, 0.1) is 6.92 Å². The van der Waals surface area contributed by atoms with E-state index in [0.29, 0.717) is 28.3 Å². The van der Waals surface area contributed by atoms with Crippen LogP contribution in [0.5, 0.6) is 0 Å². The lowest BCUT2D eigenvalue weighted by atomic mass is 10.1. The fourth-order valence-corrected chi connectivity index (χ4v) is 4.03. The van der Waals surface area contributed by atoms with Crippen LogP contribution in [0.15, 0.2) is 22.8 Å². The Morgan fingerprint density at radius 2 is 1.85 bits per heavy atom. The lowest BCUT2D eigenvalue weighted by Crippen LogP contribution is -2.09. The van der Waals surface area contributed by atoms with Gasteiger partial charge >= 0.3 is 13.6 Å². The van der Waals surface area contributed by atoms with Gasteiger partial charge in [0.25, 0.3) is 0 Å². The predicted octanol–water partition coefficient (Wildman–Crippen LogP) is 3.99. The predicted molar refractivity (Wildman–Crippen MR) is 95.0 cm³/mol. The second kappa shape index (κ2) is 9.07. The molecule has 142 valence electrons. The number of aryl methyl sites for hydroxylation is 1. The van der Waals surface area contributed by atoms with Crippen molar-refractivity contribution in [1.29, 1.82) is 0 Å². The molecule has 0 unspecified atom stereocenters. The molecule has 0 aliphatic carbocycles. The van der Waals surface area contributed by atoms with Gasteiger partial charge in [0.2, 0.25) is 0 Å². The molecule has 2 aromatic rings. The van der Waals surface area contributed by atoms with Crippen molar-refractivity contribution < 1.29 is 27.6 Å². The highest BCUT2D eigenvalue weighted by Crippen LogP contribution is 2.52. The summed E-state index contributed by atoms with van der Waals surface area (Å²) in [6.07, 6.45) is 1.42. The fourth-order valence-electron chi connectivity index (χ4n) is 2.39. The average Bonchev–Trinajstić information content (AvgIpc) is 3.03. The van der Waals surface area contributed by atoms with Crippen LogP contribution in [-0.4, -0.2) is 36.0 Å². The molecule has 2 heterocycles. The van der Waals surface area contributed by atoms with Gasteiger partial charge in [-0.25, -0.2) is 4.79 Å². The van der Waals surface area contributed by atoms with Gasteiger partial charge in [0.05, 0.1) is 43.0 Å². The number of ether oxygens (including phenoxy) is 1. The van der Waals surface area contributed by atoms with Crippen LogP contribution in [-0.2, 0) is 24.5 Å². The summed E-state index contributed by atoms with van der Waals surface area (Å²) in [5, 5.41) is 8.14. The van der Waals surface area contributed by atoms with E-state index in [0.717, 1.165) is 0 Å². The van der Waals surface area contributed by atoms with Crippen LogP contribution in [0.1, 0.15) is 42.6 Å². The molecule has 2 aromatic heterocycles. The van der Waals surface area contributed by atoms with Crippen molar-refractivity contribution in [3.8, 4) is 11.3 Å². The molecule has 8 nitrogen and oxygen atoms in total. The third kappa shape index (κ3) is 4.78. The highest BCUT2D eigenvalue weighted by atomic mass is 31.2. The van der Waals surface area contributed by atoms with Crippen LogP contribution in [0.4, 0.5) is 0 Å². The minimum absolute atomic E-state index is 0.0404. The summed E-state index contributed by atoms with van der Waals surface area (Å²) in [5.41, 5.74) is 1.78. The molecular weight excluding hydrogens is 359 g/mol. The number of carbonyl (C=O) groups is 1. The Kier molecular flexibility index (Phi) is 7.08. The molecule has 0 saturated heterocycles. The van der Waals surface area contributed by atoms with E-state index in [9.17, 15) is 9.36 Å². The fraction of sp³-hybridized carbons (Fsp3) is 0.471. The molecule has 0 radical (unpaired) electrons. The summed E-state index contributed by atoms with van der Waals surface area (Å²) in [4.78, 5) is 12.1. The number of esters is 1. The Labute approximate surface area is 152 Å². The molecule has 0 aliphatic rings. The number of furan rings is 1. The van der Waals surface area contributed by atoms with Gasteiger partial charge in [-0.05, 0) is 39.8 Å². The topological polar surface area (TPSA) is 101 Å². The standard InChI is InChI=1S/C17H23N2O6P/c1-5-22-17(20)14-10-15(19-18-12(14)4)13-8-9-23-16(13)11-26(21,24-6-2)25-7-3/h8-10H,5-7,11H2,1-4H3.